The summed E-state index contributed by atoms with van der Waals surface area (Å²) in [5.74, 6) is -0.190. The third-order valence-corrected chi connectivity index (χ3v) is 5.39. The molecule has 144 valence electrons. The Morgan fingerprint density at radius 2 is 1.71 bits per heavy atom. The summed E-state index contributed by atoms with van der Waals surface area (Å²) >= 11 is 12.1. The predicted molar refractivity (Wildman–Crippen MR) is 110 cm³/mol. The second-order valence-corrected chi connectivity index (χ2v) is 7.94. The topological polar surface area (TPSA) is 53.8 Å². The van der Waals surface area contributed by atoms with Gasteiger partial charge in [-0.1, -0.05) is 35.3 Å². The van der Waals surface area contributed by atoms with Gasteiger partial charge in [0.15, 0.2) is 5.43 Å². The first kappa shape index (κ1) is 19.0. The Bertz CT molecular complexity index is 1120. The zero-order valence-corrected chi connectivity index (χ0v) is 16.9. The number of carbonyl (C=O) groups is 1. The molecule has 0 unspecified atom stereocenters. The van der Waals surface area contributed by atoms with Crippen molar-refractivity contribution in [3.05, 3.63) is 79.6 Å². The van der Waals surface area contributed by atoms with Crippen LogP contribution in [0.3, 0.4) is 0 Å². The van der Waals surface area contributed by atoms with Crippen molar-refractivity contribution in [1.82, 2.24) is 9.80 Å². The molecule has 4 rings (SSSR count). The van der Waals surface area contributed by atoms with E-state index in [9.17, 15) is 9.59 Å². The van der Waals surface area contributed by atoms with Crippen molar-refractivity contribution >= 4 is 40.1 Å². The average Bonchev–Trinajstić information content (AvgIpc) is 2.94. The Hall–Kier alpha value is -2.34. The van der Waals surface area contributed by atoms with E-state index in [0.717, 1.165) is 5.56 Å². The fourth-order valence-corrected chi connectivity index (χ4v) is 3.82. The molecule has 7 heteroatoms. The van der Waals surface area contributed by atoms with Crippen LogP contribution in [0.25, 0.3) is 11.0 Å². The van der Waals surface area contributed by atoms with Gasteiger partial charge in [-0.3, -0.25) is 9.59 Å². The molecule has 1 aromatic heterocycles. The van der Waals surface area contributed by atoms with E-state index in [1.165, 1.54) is 0 Å². The molecule has 0 N–H and O–H groups in total. The van der Waals surface area contributed by atoms with E-state index < -0.39 is 6.04 Å². The lowest BCUT2D eigenvalue weighted by molar-refractivity contribution is 0.0716. The Morgan fingerprint density at radius 3 is 2.39 bits per heavy atom. The minimum absolute atomic E-state index is 0.0959. The molecule has 0 radical (unpaired) electrons. The lowest BCUT2D eigenvalue weighted by Crippen LogP contribution is -2.35. The summed E-state index contributed by atoms with van der Waals surface area (Å²) in [7, 11) is 3.87. The van der Waals surface area contributed by atoms with Crippen molar-refractivity contribution in [2.24, 2.45) is 0 Å². The van der Waals surface area contributed by atoms with Crippen LogP contribution in [0.1, 0.15) is 27.7 Å². The Balaban J connectivity index is 1.94. The first-order valence-corrected chi connectivity index (χ1v) is 9.60. The van der Waals surface area contributed by atoms with E-state index in [1.807, 2.05) is 31.1 Å². The minimum Gasteiger partial charge on any atom is -0.450 e. The van der Waals surface area contributed by atoms with Crippen LogP contribution in [0, 0.1) is 0 Å². The Labute approximate surface area is 172 Å². The number of benzene rings is 2. The highest BCUT2D eigenvalue weighted by molar-refractivity contribution is 6.31. The summed E-state index contributed by atoms with van der Waals surface area (Å²) in [6, 6.07) is 11.5. The van der Waals surface area contributed by atoms with Crippen molar-refractivity contribution in [2.45, 2.75) is 6.04 Å². The molecular weight excluding hydrogens is 399 g/mol. The van der Waals surface area contributed by atoms with Crippen LogP contribution in [0.2, 0.25) is 10.0 Å². The molecule has 0 fully saturated rings. The summed E-state index contributed by atoms with van der Waals surface area (Å²) in [4.78, 5) is 30.1. The maximum Gasteiger partial charge on any atom is 0.290 e. The second-order valence-electron chi connectivity index (χ2n) is 7.07. The first-order valence-electron chi connectivity index (χ1n) is 8.84. The highest BCUT2D eigenvalue weighted by Crippen LogP contribution is 2.38. The van der Waals surface area contributed by atoms with Gasteiger partial charge in [0.2, 0.25) is 5.76 Å². The molecule has 2 heterocycles. The highest BCUT2D eigenvalue weighted by Gasteiger charge is 2.42. The van der Waals surface area contributed by atoms with Gasteiger partial charge in [0.1, 0.15) is 5.58 Å². The fraction of sp³-hybridized carbons (Fsp3) is 0.238. The number of amides is 1. The lowest BCUT2D eigenvalue weighted by Gasteiger charge is -2.26. The number of fused-ring (bicyclic) bond motifs is 2. The number of likely N-dealkylation sites (N-methyl/N-ethyl adjacent to an activating group) is 1. The molecule has 0 aliphatic carbocycles. The van der Waals surface area contributed by atoms with E-state index in [-0.39, 0.29) is 17.1 Å². The lowest BCUT2D eigenvalue weighted by atomic mass is 9.98. The maximum atomic E-state index is 13.3. The summed E-state index contributed by atoms with van der Waals surface area (Å²) in [6.45, 7) is 1.11. The molecule has 3 aromatic rings. The molecule has 1 atom stereocenters. The molecular formula is C21H18Cl2N2O3. The highest BCUT2D eigenvalue weighted by atomic mass is 35.5. The molecule has 2 aromatic carbocycles. The van der Waals surface area contributed by atoms with Crippen LogP contribution in [0.15, 0.2) is 51.7 Å². The number of nitrogens with zero attached hydrogens (tertiary/aromatic N) is 2. The number of hydrogen-bond donors (Lipinski definition) is 0. The number of rotatable bonds is 4. The molecule has 1 amide bonds. The van der Waals surface area contributed by atoms with Crippen molar-refractivity contribution in [2.75, 3.05) is 27.2 Å². The van der Waals surface area contributed by atoms with E-state index >= 15 is 0 Å². The zero-order valence-electron chi connectivity index (χ0n) is 15.4. The largest absolute Gasteiger partial charge is 0.450 e. The molecule has 1 aliphatic heterocycles. The van der Waals surface area contributed by atoms with E-state index in [2.05, 4.69) is 0 Å². The molecule has 28 heavy (non-hydrogen) atoms. The third-order valence-electron chi connectivity index (χ3n) is 4.90. The number of halogens is 2. The van der Waals surface area contributed by atoms with Gasteiger partial charge in [-0.05, 0) is 50.0 Å². The van der Waals surface area contributed by atoms with Crippen molar-refractivity contribution < 1.29 is 9.21 Å². The number of carbonyl (C=O) groups excluding carboxylic acids is 1. The molecule has 1 aliphatic rings. The summed E-state index contributed by atoms with van der Waals surface area (Å²) < 4.78 is 5.88. The molecule has 0 saturated carbocycles. The number of hydrogen-bond acceptors (Lipinski definition) is 4. The van der Waals surface area contributed by atoms with Crippen LogP contribution in [0.4, 0.5) is 0 Å². The molecule has 0 saturated heterocycles. The summed E-state index contributed by atoms with van der Waals surface area (Å²) in [5, 5.41) is 1.40. The van der Waals surface area contributed by atoms with Gasteiger partial charge in [0.25, 0.3) is 5.91 Å². The van der Waals surface area contributed by atoms with Gasteiger partial charge in [0, 0.05) is 23.1 Å². The van der Waals surface area contributed by atoms with E-state index in [0.29, 0.717) is 39.7 Å². The predicted octanol–water partition coefficient (Wildman–Crippen LogP) is 4.21. The smallest absolute Gasteiger partial charge is 0.290 e. The first-order chi connectivity index (χ1) is 13.4. The van der Waals surface area contributed by atoms with Crippen LogP contribution in [0.5, 0.6) is 0 Å². The normalized spacial score (nSPS) is 16.2. The second kappa shape index (κ2) is 7.24. The van der Waals surface area contributed by atoms with Gasteiger partial charge in [0.05, 0.1) is 17.0 Å². The molecule has 5 nitrogen and oxygen atoms in total. The SMILES string of the molecule is CN(C)CCN1C(=O)c2oc3ccc(Cl)cc3c(=O)c2[C@@H]1c1ccc(Cl)cc1. The maximum absolute atomic E-state index is 13.3. The van der Waals surface area contributed by atoms with Crippen molar-refractivity contribution in [1.29, 1.82) is 0 Å². The van der Waals surface area contributed by atoms with Crippen molar-refractivity contribution in [3.8, 4) is 0 Å². The van der Waals surface area contributed by atoms with E-state index in [4.69, 9.17) is 27.6 Å². The van der Waals surface area contributed by atoms with Gasteiger partial charge in [-0.25, -0.2) is 0 Å². The molecule has 0 bridgehead atoms. The van der Waals surface area contributed by atoms with Gasteiger partial charge in [-0.2, -0.15) is 0 Å². The van der Waals surface area contributed by atoms with Crippen LogP contribution in [-0.2, 0) is 0 Å². The fourth-order valence-electron chi connectivity index (χ4n) is 3.52. The summed E-state index contributed by atoms with van der Waals surface area (Å²) in [5.41, 5.74) is 1.27. The van der Waals surface area contributed by atoms with Gasteiger partial charge < -0.3 is 14.2 Å². The zero-order chi connectivity index (χ0) is 20.0. The van der Waals surface area contributed by atoms with Crippen LogP contribution >= 0.6 is 23.2 Å². The third kappa shape index (κ3) is 3.20. The minimum atomic E-state index is -0.528. The monoisotopic (exact) mass is 416 g/mol. The van der Waals surface area contributed by atoms with E-state index in [1.54, 1.807) is 35.2 Å². The van der Waals surface area contributed by atoms with Crippen LogP contribution in [-0.4, -0.2) is 42.9 Å². The average molecular weight is 417 g/mol. The van der Waals surface area contributed by atoms with Gasteiger partial charge >= 0.3 is 0 Å². The summed E-state index contributed by atoms with van der Waals surface area (Å²) in [6.07, 6.45) is 0. The standard InChI is InChI=1S/C21H18Cl2N2O3/c1-24(2)9-10-25-18(12-3-5-13(22)6-4-12)17-19(26)15-11-14(23)7-8-16(15)28-20(17)21(25)27/h3-8,11,18H,9-10H2,1-2H3/t18-/m0/s1. The van der Waals surface area contributed by atoms with Crippen molar-refractivity contribution in [3.63, 3.8) is 0 Å². The van der Waals surface area contributed by atoms with Crippen LogP contribution < -0.4 is 5.43 Å². The Kier molecular flexibility index (Phi) is 4.91. The quantitative estimate of drug-likeness (QED) is 0.639. The Morgan fingerprint density at radius 1 is 1.04 bits per heavy atom. The van der Waals surface area contributed by atoms with Gasteiger partial charge in [-0.15, -0.1) is 0 Å². The molecule has 0 spiro atoms.